The molecule has 0 heterocycles. The minimum absolute atomic E-state index is 0.0445. The Morgan fingerprint density at radius 3 is 2.83 bits per heavy atom. The number of phenols is 1. The van der Waals surface area contributed by atoms with Crippen molar-refractivity contribution < 1.29 is 9.90 Å². The summed E-state index contributed by atoms with van der Waals surface area (Å²) in [6.45, 7) is 0.695. The number of hydrogen-bond acceptors (Lipinski definition) is 3. The number of carbonyl (C=O) groups excluding carboxylic acids is 1. The minimum atomic E-state index is -0.0445. The van der Waals surface area contributed by atoms with Crippen LogP contribution in [-0.4, -0.2) is 23.6 Å². The molecule has 0 aliphatic heterocycles. The van der Waals surface area contributed by atoms with Crippen LogP contribution in [0.4, 0.5) is 0 Å². The molecule has 2 atom stereocenters. The molecule has 2 unspecified atom stereocenters. The second-order valence-corrected chi connectivity index (χ2v) is 5.05. The normalized spacial score (nSPS) is 22.9. The van der Waals surface area contributed by atoms with Gasteiger partial charge < -0.3 is 16.2 Å². The maximum absolute atomic E-state index is 11.7. The van der Waals surface area contributed by atoms with Crippen LogP contribution >= 0.6 is 0 Å². The third kappa shape index (κ3) is 3.47. The van der Waals surface area contributed by atoms with Gasteiger partial charge in [0.25, 0.3) is 0 Å². The van der Waals surface area contributed by atoms with E-state index in [0.717, 1.165) is 19.3 Å². The quantitative estimate of drug-likeness (QED) is 0.749. The van der Waals surface area contributed by atoms with Crippen LogP contribution in [0.2, 0.25) is 0 Å². The second-order valence-electron chi connectivity index (χ2n) is 5.05. The number of phenolic OH excluding ortho intramolecular Hbond substituents is 1. The average molecular weight is 248 g/mol. The van der Waals surface area contributed by atoms with Crippen LogP contribution in [0.15, 0.2) is 24.3 Å². The Morgan fingerprint density at radius 1 is 1.39 bits per heavy atom. The van der Waals surface area contributed by atoms with Crippen molar-refractivity contribution in [1.29, 1.82) is 0 Å². The molecule has 4 heteroatoms. The van der Waals surface area contributed by atoms with Crippen LogP contribution in [0, 0.1) is 5.92 Å². The molecule has 1 aliphatic rings. The Kier molecular flexibility index (Phi) is 4.20. The summed E-state index contributed by atoms with van der Waals surface area (Å²) in [5.74, 6) is 0.640. The van der Waals surface area contributed by atoms with Gasteiger partial charge in [0.2, 0.25) is 5.91 Å². The van der Waals surface area contributed by atoms with Crippen LogP contribution in [0.1, 0.15) is 24.8 Å². The number of nitrogens with one attached hydrogen (secondary N) is 1. The molecule has 4 nitrogen and oxygen atoms in total. The van der Waals surface area contributed by atoms with E-state index in [4.69, 9.17) is 5.73 Å². The molecule has 1 aliphatic carbocycles. The van der Waals surface area contributed by atoms with E-state index < -0.39 is 0 Å². The van der Waals surface area contributed by atoms with Gasteiger partial charge in [-0.15, -0.1) is 0 Å². The monoisotopic (exact) mass is 248 g/mol. The van der Waals surface area contributed by atoms with Crippen molar-refractivity contribution in [3.63, 3.8) is 0 Å². The maximum Gasteiger partial charge on any atom is 0.224 e. The van der Waals surface area contributed by atoms with Crippen molar-refractivity contribution in [3.05, 3.63) is 29.8 Å². The number of para-hydroxylation sites is 1. The third-order valence-corrected chi connectivity index (χ3v) is 3.51. The lowest BCUT2D eigenvalue weighted by atomic mass is 10.1. The number of carbonyl (C=O) groups is 1. The molecular weight excluding hydrogens is 228 g/mol. The van der Waals surface area contributed by atoms with Crippen LogP contribution in [0.5, 0.6) is 5.75 Å². The van der Waals surface area contributed by atoms with E-state index in [0.29, 0.717) is 24.1 Å². The number of benzene rings is 1. The SMILES string of the molecule is NC1CCC(CNC(=O)Cc2ccccc2O)C1. The van der Waals surface area contributed by atoms with Gasteiger partial charge in [-0.05, 0) is 31.2 Å². The Bertz CT molecular complexity index is 420. The van der Waals surface area contributed by atoms with E-state index in [1.54, 1.807) is 18.2 Å². The number of aromatic hydroxyl groups is 1. The molecule has 2 rings (SSSR count). The van der Waals surface area contributed by atoms with Crippen LogP contribution < -0.4 is 11.1 Å². The molecule has 0 spiro atoms. The first kappa shape index (κ1) is 12.9. The van der Waals surface area contributed by atoms with E-state index in [9.17, 15) is 9.90 Å². The molecule has 0 aromatic heterocycles. The summed E-state index contributed by atoms with van der Waals surface area (Å²) >= 11 is 0. The molecule has 1 fully saturated rings. The Balaban J connectivity index is 1.77. The Labute approximate surface area is 107 Å². The van der Waals surface area contributed by atoms with Gasteiger partial charge in [-0.25, -0.2) is 0 Å². The highest BCUT2D eigenvalue weighted by Gasteiger charge is 2.21. The summed E-state index contributed by atoms with van der Waals surface area (Å²) in [7, 11) is 0. The first-order valence-corrected chi connectivity index (χ1v) is 6.44. The van der Waals surface area contributed by atoms with Gasteiger partial charge in [0.05, 0.1) is 6.42 Å². The van der Waals surface area contributed by atoms with Gasteiger partial charge >= 0.3 is 0 Å². The smallest absolute Gasteiger partial charge is 0.224 e. The van der Waals surface area contributed by atoms with E-state index in [1.807, 2.05) is 6.07 Å². The lowest BCUT2D eigenvalue weighted by Crippen LogP contribution is -2.30. The van der Waals surface area contributed by atoms with Crippen LogP contribution in [0.3, 0.4) is 0 Å². The van der Waals surface area contributed by atoms with Gasteiger partial charge in [0.15, 0.2) is 0 Å². The van der Waals surface area contributed by atoms with Gasteiger partial charge in [-0.2, -0.15) is 0 Å². The van der Waals surface area contributed by atoms with Crippen LogP contribution in [-0.2, 0) is 11.2 Å². The number of amides is 1. The summed E-state index contributed by atoms with van der Waals surface area (Å²) in [6, 6.07) is 7.22. The molecule has 0 saturated heterocycles. The fourth-order valence-corrected chi connectivity index (χ4v) is 2.45. The zero-order valence-corrected chi connectivity index (χ0v) is 10.4. The van der Waals surface area contributed by atoms with Gasteiger partial charge in [0, 0.05) is 18.2 Å². The maximum atomic E-state index is 11.7. The van der Waals surface area contributed by atoms with Gasteiger partial charge in [-0.1, -0.05) is 18.2 Å². The van der Waals surface area contributed by atoms with Crippen molar-refractivity contribution in [2.24, 2.45) is 11.7 Å². The predicted octanol–water partition coefficient (Wildman–Crippen LogP) is 1.18. The highest BCUT2D eigenvalue weighted by atomic mass is 16.3. The molecule has 1 amide bonds. The Hall–Kier alpha value is -1.55. The van der Waals surface area contributed by atoms with Gasteiger partial charge in [0.1, 0.15) is 5.75 Å². The summed E-state index contributed by atoms with van der Waals surface area (Å²) in [5.41, 5.74) is 6.49. The summed E-state index contributed by atoms with van der Waals surface area (Å²) in [5, 5.41) is 12.5. The molecule has 1 aromatic carbocycles. The van der Waals surface area contributed by atoms with Crippen molar-refractivity contribution >= 4 is 5.91 Å². The topological polar surface area (TPSA) is 75.3 Å². The van der Waals surface area contributed by atoms with E-state index in [1.165, 1.54) is 0 Å². The summed E-state index contributed by atoms with van der Waals surface area (Å²) < 4.78 is 0. The highest BCUT2D eigenvalue weighted by Crippen LogP contribution is 2.23. The fourth-order valence-electron chi connectivity index (χ4n) is 2.45. The zero-order chi connectivity index (χ0) is 13.0. The minimum Gasteiger partial charge on any atom is -0.508 e. The number of hydrogen-bond donors (Lipinski definition) is 3. The Morgan fingerprint density at radius 2 is 2.17 bits per heavy atom. The predicted molar refractivity (Wildman–Crippen MR) is 70.1 cm³/mol. The van der Waals surface area contributed by atoms with Crippen molar-refractivity contribution in [1.82, 2.24) is 5.32 Å². The largest absolute Gasteiger partial charge is 0.508 e. The first-order valence-electron chi connectivity index (χ1n) is 6.44. The molecule has 0 bridgehead atoms. The number of nitrogens with two attached hydrogens (primary N) is 1. The lowest BCUT2D eigenvalue weighted by Gasteiger charge is -2.11. The molecule has 18 heavy (non-hydrogen) atoms. The van der Waals surface area contributed by atoms with Crippen molar-refractivity contribution in [2.45, 2.75) is 31.7 Å². The molecule has 98 valence electrons. The zero-order valence-electron chi connectivity index (χ0n) is 10.4. The number of rotatable bonds is 4. The standard InChI is InChI=1S/C14H20N2O2/c15-12-6-5-10(7-12)9-16-14(18)8-11-3-1-2-4-13(11)17/h1-4,10,12,17H,5-9,15H2,(H,16,18). The molecule has 1 saturated carbocycles. The van der Waals surface area contributed by atoms with E-state index in [-0.39, 0.29) is 18.1 Å². The van der Waals surface area contributed by atoms with Crippen molar-refractivity contribution in [2.75, 3.05) is 6.54 Å². The van der Waals surface area contributed by atoms with E-state index in [2.05, 4.69) is 5.32 Å². The lowest BCUT2D eigenvalue weighted by molar-refractivity contribution is -0.120. The third-order valence-electron chi connectivity index (χ3n) is 3.51. The van der Waals surface area contributed by atoms with Crippen LogP contribution in [0.25, 0.3) is 0 Å². The van der Waals surface area contributed by atoms with E-state index >= 15 is 0 Å². The average Bonchev–Trinajstić information content (AvgIpc) is 2.76. The summed E-state index contributed by atoms with van der Waals surface area (Å²) in [6.07, 6.45) is 3.38. The molecule has 4 N–H and O–H groups in total. The first-order chi connectivity index (χ1) is 8.65. The van der Waals surface area contributed by atoms with Gasteiger partial charge in [-0.3, -0.25) is 4.79 Å². The fraction of sp³-hybridized carbons (Fsp3) is 0.500. The summed E-state index contributed by atoms with van der Waals surface area (Å²) in [4.78, 5) is 11.7. The highest BCUT2D eigenvalue weighted by molar-refractivity contribution is 5.79. The second kappa shape index (κ2) is 5.87. The van der Waals surface area contributed by atoms with Crippen molar-refractivity contribution in [3.8, 4) is 5.75 Å². The molecular formula is C14H20N2O2. The molecule has 0 radical (unpaired) electrons. The molecule has 1 aromatic rings.